The van der Waals surface area contributed by atoms with Crippen LogP contribution in [0, 0.1) is 17.5 Å². The number of aromatic amines is 1. The van der Waals surface area contributed by atoms with Crippen LogP contribution in [0.4, 0.5) is 13.2 Å². The van der Waals surface area contributed by atoms with Crippen molar-refractivity contribution in [2.24, 2.45) is 5.73 Å². The predicted octanol–water partition coefficient (Wildman–Crippen LogP) is 5.03. The van der Waals surface area contributed by atoms with Gasteiger partial charge in [-0.2, -0.15) is 0 Å². The summed E-state index contributed by atoms with van der Waals surface area (Å²) >= 11 is 5.49. The van der Waals surface area contributed by atoms with Crippen molar-refractivity contribution in [3.8, 4) is 28.5 Å². The first-order valence-corrected chi connectivity index (χ1v) is 10.4. The van der Waals surface area contributed by atoms with Gasteiger partial charge in [-0.05, 0) is 64.5 Å². The van der Waals surface area contributed by atoms with Crippen molar-refractivity contribution in [2.45, 2.75) is 6.61 Å². The number of halogens is 4. The molecule has 5 aromatic rings. The molecule has 0 aliphatic heterocycles. The van der Waals surface area contributed by atoms with Crippen molar-refractivity contribution in [3.05, 3.63) is 82.1 Å². The number of carbonyl (C=O) groups is 1. The zero-order chi connectivity index (χ0) is 24.7. The number of hydrogen-bond donors (Lipinski definition) is 2. The summed E-state index contributed by atoms with van der Waals surface area (Å²) in [5.41, 5.74) is 6.54. The average Bonchev–Trinajstić information content (AvgIpc) is 3.49. The molecular formula is C23H13ClF3N5O3. The third-order valence-corrected chi connectivity index (χ3v) is 5.55. The van der Waals surface area contributed by atoms with Gasteiger partial charge in [0, 0.05) is 10.9 Å². The fourth-order valence-corrected chi connectivity index (χ4v) is 3.69. The molecule has 0 radical (unpaired) electrons. The molecule has 2 aromatic heterocycles. The highest BCUT2D eigenvalue weighted by molar-refractivity contribution is 6.30. The number of amides is 1. The van der Waals surface area contributed by atoms with Crippen molar-refractivity contribution in [1.82, 2.24) is 20.6 Å². The van der Waals surface area contributed by atoms with Gasteiger partial charge in [0.1, 0.15) is 46.2 Å². The van der Waals surface area contributed by atoms with E-state index in [0.717, 1.165) is 18.2 Å². The van der Waals surface area contributed by atoms with Crippen molar-refractivity contribution in [1.29, 1.82) is 0 Å². The van der Waals surface area contributed by atoms with Crippen LogP contribution in [-0.4, -0.2) is 26.5 Å². The van der Waals surface area contributed by atoms with Gasteiger partial charge in [-0.3, -0.25) is 4.79 Å². The van der Waals surface area contributed by atoms with E-state index in [9.17, 15) is 18.0 Å². The Kier molecular flexibility index (Phi) is 5.61. The number of nitrogens with two attached hydrogens (primary N) is 1. The molecule has 0 aliphatic carbocycles. The Balaban J connectivity index is 1.46. The summed E-state index contributed by atoms with van der Waals surface area (Å²) in [6, 6.07) is 11.0. The maximum atomic E-state index is 14.7. The standard InChI is InChI=1S/C23H13ClF3N5O3/c24-20-16(26)5-10(6-17(20)27)9-34-12-3-1-11(2-4-12)21-19(22(28)33)14-7-15(25)13(8-18(14)35-21)23-29-31-32-30-23/h1-8H,9H2,(H2,28,33)(H,29,30,31,32). The van der Waals surface area contributed by atoms with Crippen LogP contribution in [0.15, 0.2) is 52.9 Å². The zero-order valence-corrected chi connectivity index (χ0v) is 18.2. The number of aromatic nitrogens is 4. The van der Waals surface area contributed by atoms with Gasteiger partial charge in [0.15, 0.2) is 5.82 Å². The summed E-state index contributed by atoms with van der Waals surface area (Å²) in [6.07, 6.45) is 0. The van der Waals surface area contributed by atoms with Crippen LogP contribution in [0.1, 0.15) is 15.9 Å². The van der Waals surface area contributed by atoms with Crippen molar-refractivity contribution in [2.75, 3.05) is 0 Å². The van der Waals surface area contributed by atoms with Crippen LogP contribution < -0.4 is 10.5 Å². The van der Waals surface area contributed by atoms with Gasteiger partial charge in [-0.15, -0.1) is 5.10 Å². The first-order valence-electron chi connectivity index (χ1n) is 9.98. The van der Waals surface area contributed by atoms with E-state index in [2.05, 4.69) is 20.6 Å². The van der Waals surface area contributed by atoms with Crippen LogP contribution in [0.25, 0.3) is 33.7 Å². The summed E-state index contributed by atoms with van der Waals surface area (Å²) in [5, 5.41) is 12.6. The number of H-pyrrole nitrogens is 1. The molecule has 0 bridgehead atoms. The average molecular weight is 500 g/mol. The molecular weight excluding hydrogens is 487 g/mol. The fraction of sp³-hybridized carbons (Fsp3) is 0.0435. The molecule has 0 fully saturated rings. The topological polar surface area (TPSA) is 120 Å². The molecule has 0 unspecified atom stereocenters. The molecule has 176 valence electrons. The molecule has 0 saturated heterocycles. The maximum Gasteiger partial charge on any atom is 0.253 e. The lowest BCUT2D eigenvalue weighted by atomic mass is 10.0. The molecule has 3 N–H and O–H groups in total. The smallest absolute Gasteiger partial charge is 0.253 e. The Morgan fingerprint density at radius 2 is 1.77 bits per heavy atom. The molecule has 2 heterocycles. The van der Waals surface area contributed by atoms with E-state index in [-0.39, 0.29) is 45.9 Å². The van der Waals surface area contributed by atoms with Crippen molar-refractivity contribution < 1.29 is 27.1 Å². The van der Waals surface area contributed by atoms with E-state index in [4.69, 9.17) is 26.5 Å². The zero-order valence-electron chi connectivity index (χ0n) is 17.5. The van der Waals surface area contributed by atoms with E-state index in [1.165, 1.54) is 6.07 Å². The number of rotatable bonds is 6. The lowest BCUT2D eigenvalue weighted by Gasteiger charge is -2.08. The summed E-state index contributed by atoms with van der Waals surface area (Å²) in [4.78, 5) is 12.2. The second-order valence-corrected chi connectivity index (χ2v) is 7.81. The predicted molar refractivity (Wildman–Crippen MR) is 119 cm³/mol. The van der Waals surface area contributed by atoms with Crippen LogP contribution in [-0.2, 0) is 6.61 Å². The molecule has 0 spiro atoms. The second kappa shape index (κ2) is 8.76. The van der Waals surface area contributed by atoms with E-state index in [1.807, 2.05) is 0 Å². The Morgan fingerprint density at radius 3 is 2.40 bits per heavy atom. The van der Waals surface area contributed by atoms with Crippen molar-refractivity contribution >= 4 is 28.5 Å². The normalized spacial score (nSPS) is 11.2. The van der Waals surface area contributed by atoms with E-state index in [1.54, 1.807) is 24.3 Å². The number of carbonyl (C=O) groups excluding carboxylic acids is 1. The number of tetrazole rings is 1. The summed E-state index contributed by atoms with van der Waals surface area (Å²) in [7, 11) is 0. The SMILES string of the molecule is NC(=O)c1c(-c2ccc(OCc3cc(F)c(Cl)c(F)c3)cc2)oc2cc(-c3nnn[nH]3)c(F)cc12. The highest BCUT2D eigenvalue weighted by Gasteiger charge is 2.23. The van der Waals surface area contributed by atoms with Crippen LogP contribution in [0.2, 0.25) is 5.02 Å². The number of benzene rings is 3. The number of primary amides is 1. The number of fused-ring (bicyclic) bond motifs is 1. The molecule has 0 atom stereocenters. The van der Waals surface area contributed by atoms with Gasteiger partial charge in [0.05, 0.1) is 11.1 Å². The minimum Gasteiger partial charge on any atom is -0.489 e. The Hall–Kier alpha value is -4.38. The van der Waals surface area contributed by atoms with Gasteiger partial charge in [0.2, 0.25) is 0 Å². The van der Waals surface area contributed by atoms with Gasteiger partial charge < -0.3 is 14.9 Å². The monoisotopic (exact) mass is 499 g/mol. The number of ether oxygens (including phenoxy) is 1. The minimum absolute atomic E-state index is 0.00179. The minimum atomic E-state index is -0.886. The number of hydrogen-bond acceptors (Lipinski definition) is 6. The van der Waals surface area contributed by atoms with Gasteiger partial charge >= 0.3 is 0 Å². The highest BCUT2D eigenvalue weighted by atomic mass is 35.5. The second-order valence-electron chi connectivity index (χ2n) is 7.44. The highest BCUT2D eigenvalue weighted by Crippen LogP contribution is 2.37. The Morgan fingerprint density at radius 1 is 1.06 bits per heavy atom. The van der Waals surface area contributed by atoms with Crippen LogP contribution in [0.3, 0.4) is 0 Å². The van der Waals surface area contributed by atoms with Gasteiger partial charge in [0.25, 0.3) is 5.91 Å². The molecule has 5 rings (SSSR count). The molecule has 0 saturated carbocycles. The summed E-state index contributed by atoms with van der Waals surface area (Å²) in [6.45, 7) is -0.111. The summed E-state index contributed by atoms with van der Waals surface area (Å²) in [5.74, 6) is -2.65. The number of nitrogens with zero attached hydrogens (tertiary/aromatic N) is 3. The van der Waals surface area contributed by atoms with Crippen molar-refractivity contribution in [3.63, 3.8) is 0 Å². The maximum absolute atomic E-state index is 14.7. The third kappa shape index (κ3) is 4.17. The lowest BCUT2D eigenvalue weighted by molar-refractivity contribution is 0.100. The Labute approximate surface area is 199 Å². The van der Waals surface area contributed by atoms with Crippen LogP contribution >= 0.6 is 11.6 Å². The van der Waals surface area contributed by atoms with E-state index < -0.39 is 28.4 Å². The first kappa shape index (κ1) is 22.4. The first-order chi connectivity index (χ1) is 16.8. The third-order valence-electron chi connectivity index (χ3n) is 5.19. The van der Waals surface area contributed by atoms with E-state index >= 15 is 0 Å². The molecule has 8 nitrogen and oxygen atoms in total. The molecule has 12 heteroatoms. The fourth-order valence-electron chi connectivity index (χ4n) is 3.58. The molecule has 3 aromatic carbocycles. The largest absolute Gasteiger partial charge is 0.489 e. The lowest BCUT2D eigenvalue weighted by Crippen LogP contribution is -2.11. The number of furan rings is 1. The quantitative estimate of drug-likeness (QED) is 0.316. The Bertz CT molecular complexity index is 1550. The molecule has 0 aliphatic rings. The van der Waals surface area contributed by atoms with Gasteiger partial charge in [-0.25, -0.2) is 18.3 Å². The van der Waals surface area contributed by atoms with E-state index in [0.29, 0.717) is 11.3 Å². The molecule has 1 amide bonds. The van der Waals surface area contributed by atoms with Crippen LogP contribution in [0.5, 0.6) is 5.75 Å². The molecule has 35 heavy (non-hydrogen) atoms. The number of nitrogens with one attached hydrogen (secondary N) is 1. The van der Waals surface area contributed by atoms with Gasteiger partial charge in [-0.1, -0.05) is 11.6 Å². The summed E-state index contributed by atoms with van der Waals surface area (Å²) < 4.78 is 53.4.